The van der Waals surface area contributed by atoms with Crippen LogP contribution in [0.2, 0.25) is 0 Å². The van der Waals surface area contributed by atoms with Gasteiger partial charge in [-0.25, -0.2) is 0 Å². The Labute approximate surface area is 273 Å². The molecule has 0 aromatic heterocycles. The van der Waals surface area contributed by atoms with E-state index in [1.807, 2.05) is 27.7 Å². The minimum Gasteiger partial charge on any atom is -0.330 e. The molecule has 0 spiro atoms. The van der Waals surface area contributed by atoms with Crippen LogP contribution in [0.3, 0.4) is 0 Å². The Hall–Kier alpha value is -0.160. The highest BCUT2D eigenvalue weighted by Gasteiger charge is 1.82. The molecular weight excluding hydrogens is 512 g/mol. The smallest absolute Gasteiger partial charge is 0.00653 e. The standard InChI is InChI=1S/4C7H16.2C3H10N2.2C2H6/c4*1-3-5-7-6-4-2;2*4-2-1-3-5;2*1-2/h4*3-7H2,1-2H3;2*1-5H2;2*1-2H3. The Kier molecular flexibility index (Phi) is 141. The monoisotopic (exact) mass is 609 g/mol. The van der Waals surface area contributed by atoms with Gasteiger partial charge in [0.1, 0.15) is 0 Å². The van der Waals surface area contributed by atoms with Crippen LogP contribution in [0.25, 0.3) is 0 Å². The molecule has 0 bridgehead atoms. The molecule has 268 valence electrons. The summed E-state index contributed by atoms with van der Waals surface area (Å²) < 4.78 is 0. The highest BCUT2D eigenvalue weighted by molar-refractivity contribution is 4.38. The van der Waals surface area contributed by atoms with Crippen molar-refractivity contribution in [2.45, 2.75) is 224 Å². The Morgan fingerprint density at radius 1 is 0.214 bits per heavy atom. The zero-order valence-electron chi connectivity index (χ0n) is 32.7. The largest absolute Gasteiger partial charge is 0.330 e. The molecule has 0 aliphatic carbocycles. The molecule has 0 amide bonds. The van der Waals surface area contributed by atoms with Crippen molar-refractivity contribution in [2.24, 2.45) is 22.9 Å². The number of unbranched alkanes of at least 4 members (excludes halogenated alkanes) is 16. The van der Waals surface area contributed by atoms with Gasteiger partial charge in [-0.1, -0.05) is 212 Å². The second-order valence-corrected chi connectivity index (χ2v) is 10.1. The fraction of sp³-hybridized carbons (Fsp3) is 1.00. The van der Waals surface area contributed by atoms with Crippen LogP contribution in [0.5, 0.6) is 0 Å². The van der Waals surface area contributed by atoms with Gasteiger partial charge in [0.2, 0.25) is 0 Å². The molecule has 4 nitrogen and oxygen atoms in total. The quantitative estimate of drug-likeness (QED) is 0.103. The van der Waals surface area contributed by atoms with E-state index < -0.39 is 0 Å². The van der Waals surface area contributed by atoms with E-state index in [2.05, 4.69) is 55.4 Å². The lowest BCUT2D eigenvalue weighted by Gasteiger charge is -1.90. The fourth-order valence-electron chi connectivity index (χ4n) is 2.94. The van der Waals surface area contributed by atoms with E-state index in [9.17, 15) is 0 Å². The van der Waals surface area contributed by atoms with Gasteiger partial charge < -0.3 is 22.9 Å². The summed E-state index contributed by atoms with van der Waals surface area (Å²) in [4.78, 5) is 0. The molecule has 0 heterocycles. The van der Waals surface area contributed by atoms with Crippen molar-refractivity contribution >= 4 is 0 Å². The Morgan fingerprint density at radius 2 is 0.333 bits per heavy atom. The average Bonchev–Trinajstić information content (AvgIpc) is 3.03. The van der Waals surface area contributed by atoms with Crippen molar-refractivity contribution in [2.75, 3.05) is 26.2 Å². The van der Waals surface area contributed by atoms with Crippen LogP contribution in [0.1, 0.15) is 224 Å². The first-order chi connectivity index (χ1) is 20.5. The Morgan fingerprint density at radius 3 is 0.381 bits per heavy atom. The first kappa shape index (κ1) is 60.9. The van der Waals surface area contributed by atoms with Gasteiger partial charge >= 0.3 is 0 Å². The van der Waals surface area contributed by atoms with Crippen molar-refractivity contribution in [3.05, 3.63) is 0 Å². The second-order valence-electron chi connectivity index (χ2n) is 10.1. The molecule has 0 atom stereocenters. The lowest BCUT2D eigenvalue weighted by molar-refractivity contribution is 0.656. The third-order valence-electron chi connectivity index (χ3n) is 5.64. The SMILES string of the molecule is CC.CC.CCCCCCC.CCCCCCC.CCCCCCC.CCCCCCC.NCCCN.NCCCN. The van der Waals surface area contributed by atoms with E-state index in [1.165, 1.54) is 128 Å². The lowest BCUT2D eigenvalue weighted by Crippen LogP contribution is -2.06. The van der Waals surface area contributed by atoms with Crippen LogP contribution in [-0.2, 0) is 0 Å². The van der Waals surface area contributed by atoms with Gasteiger partial charge in [-0.05, 0) is 39.0 Å². The van der Waals surface area contributed by atoms with E-state index in [0.29, 0.717) is 0 Å². The molecule has 42 heavy (non-hydrogen) atoms. The van der Waals surface area contributed by atoms with Crippen molar-refractivity contribution in [1.29, 1.82) is 0 Å². The van der Waals surface area contributed by atoms with Gasteiger partial charge in [0.25, 0.3) is 0 Å². The zero-order valence-corrected chi connectivity index (χ0v) is 32.7. The topological polar surface area (TPSA) is 104 Å². The normalized spacial score (nSPS) is 8.57. The highest BCUT2D eigenvalue weighted by atomic mass is 14.6. The maximum atomic E-state index is 5.06. The van der Waals surface area contributed by atoms with Crippen LogP contribution in [0.4, 0.5) is 0 Å². The van der Waals surface area contributed by atoms with Gasteiger partial charge in [0, 0.05) is 0 Å². The molecule has 0 aromatic carbocycles. The third kappa shape index (κ3) is 153. The van der Waals surface area contributed by atoms with Gasteiger partial charge in [0.15, 0.2) is 0 Å². The van der Waals surface area contributed by atoms with Crippen LogP contribution in [0, 0.1) is 0 Å². The summed E-state index contributed by atoms with van der Waals surface area (Å²) in [6.07, 6.45) is 29.9. The van der Waals surface area contributed by atoms with E-state index in [0.717, 1.165) is 39.0 Å². The molecular formula is C38H96N4. The van der Waals surface area contributed by atoms with Crippen LogP contribution >= 0.6 is 0 Å². The third-order valence-corrected chi connectivity index (χ3v) is 5.64. The molecule has 0 saturated heterocycles. The maximum Gasteiger partial charge on any atom is -0.00653 e. The van der Waals surface area contributed by atoms with Gasteiger partial charge in [-0.2, -0.15) is 0 Å². The van der Waals surface area contributed by atoms with Crippen molar-refractivity contribution in [3.8, 4) is 0 Å². The molecule has 4 heteroatoms. The predicted molar refractivity (Wildman–Crippen MR) is 206 cm³/mol. The molecule has 0 radical (unpaired) electrons. The fourth-order valence-corrected chi connectivity index (χ4v) is 2.94. The van der Waals surface area contributed by atoms with Gasteiger partial charge in [-0.15, -0.1) is 0 Å². The summed E-state index contributed by atoms with van der Waals surface area (Å²) in [6, 6.07) is 0. The van der Waals surface area contributed by atoms with E-state index in [4.69, 9.17) is 22.9 Å². The maximum absolute atomic E-state index is 5.06. The first-order valence-electron chi connectivity index (χ1n) is 19.3. The number of hydrogen-bond acceptors (Lipinski definition) is 4. The summed E-state index contributed by atoms with van der Waals surface area (Å²) in [6.45, 7) is 28.8. The number of nitrogens with two attached hydrogens (primary N) is 4. The van der Waals surface area contributed by atoms with Gasteiger partial charge in [-0.3, -0.25) is 0 Å². The summed E-state index contributed by atoms with van der Waals surface area (Å²) in [5.41, 5.74) is 20.2. The van der Waals surface area contributed by atoms with Gasteiger partial charge in [0.05, 0.1) is 0 Å². The molecule has 0 unspecified atom stereocenters. The van der Waals surface area contributed by atoms with Crippen LogP contribution in [-0.4, -0.2) is 26.2 Å². The van der Waals surface area contributed by atoms with E-state index >= 15 is 0 Å². The second kappa shape index (κ2) is 97.1. The van der Waals surface area contributed by atoms with Crippen molar-refractivity contribution in [1.82, 2.24) is 0 Å². The summed E-state index contributed by atoms with van der Waals surface area (Å²) >= 11 is 0. The molecule has 0 aliphatic rings. The zero-order chi connectivity index (χ0) is 34.4. The molecule has 0 saturated carbocycles. The number of hydrogen-bond donors (Lipinski definition) is 4. The summed E-state index contributed by atoms with van der Waals surface area (Å²) in [5.74, 6) is 0. The average molecular weight is 609 g/mol. The van der Waals surface area contributed by atoms with E-state index in [1.54, 1.807) is 0 Å². The molecule has 8 N–H and O–H groups in total. The Bertz CT molecular complexity index is 197. The minimum absolute atomic E-state index is 0.719. The molecule has 0 rings (SSSR count). The molecule has 0 aliphatic heterocycles. The summed E-state index contributed by atoms with van der Waals surface area (Å²) in [5, 5.41) is 0. The van der Waals surface area contributed by atoms with E-state index in [-0.39, 0.29) is 0 Å². The summed E-state index contributed by atoms with van der Waals surface area (Å²) in [7, 11) is 0. The highest BCUT2D eigenvalue weighted by Crippen LogP contribution is 2.01. The Balaban J connectivity index is -0.0000000539. The predicted octanol–water partition coefficient (Wildman–Crippen LogP) is 12.5. The molecule has 0 fully saturated rings. The van der Waals surface area contributed by atoms with Crippen molar-refractivity contribution in [3.63, 3.8) is 0 Å². The van der Waals surface area contributed by atoms with Crippen molar-refractivity contribution < 1.29 is 0 Å². The first-order valence-corrected chi connectivity index (χ1v) is 19.3. The minimum atomic E-state index is 0.719. The van der Waals surface area contributed by atoms with Crippen LogP contribution < -0.4 is 22.9 Å². The van der Waals surface area contributed by atoms with Crippen LogP contribution in [0.15, 0.2) is 0 Å². The molecule has 0 aromatic rings. The lowest BCUT2D eigenvalue weighted by atomic mass is 10.2. The number of rotatable bonds is 20.